The first-order chi connectivity index (χ1) is 9.66. The molecule has 0 bridgehead atoms. The van der Waals surface area contributed by atoms with Crippen molar-refractivity contribution in [2.24, 2.45) is 0 Å². The van der Waals surface area contributed by atoms with Crippen LogP contribution in [0.1, 0.15) is 38.7 Å². The Hall–Kier alpha value is -1.37. The highest BCUT2D eigenvalue weighted by molar-refractivity contribution is 5.32. The van der Waals surface area contributed by atoms with Crippen molar-refractivity contribution < 1.29 is 0 Å². The van der Waals surface area contributed by atoms with Gasteiger partial charge in [0.25, 0.3) is 0 Å². The van der Waals surface area contributed by atoms with Crippen LogP contribution in [0.25, 0.3) is 0 Å². The Morgan fingerprint density at radius 2 is 2.05 bits per heavy atom. The number of hydrogen-bond donors (Lipinski definition) is 1. The molecule has 0 amide bonds. The summed E-state index contributed by atoms with van der Waals surface area (Å²) in [5.74, 6) is 0. The van der Waals surface area contributed by atoms with Crippen molar-refractivity contribution in [3.05, 3.63) is 35.9 Å². The van der Waals surface area contributed by atoms with Gasteiger partial charge in [-0.2, -0.15) is 5.26 Å². The van der Waals surface area contributed by atoms with E-state index in [9.17, 15) is 5.26 Å². The van der Waals surface area contributed by atoms with Gasteiger partial charge in [0, 0.05) is 18.6 Å². The average Bonchev–Trinajstić information content (AvgIpc) is 2.86. The summed E-state index contributed by atoms with van der Waals surface area (Å²) in [6.45, 7) is 5.27. The van der Waals surface area contributed by atoms with Crippen molar-refractivity contribution in [3.63, 3.8) is 0 Å². The van der Waals surface area contributed by atoms with Crippen LogP contribution in [0.4, 0.5) is 0 Å². The summed E-state index contributed by atoms with van der Waals surface area (Å²) in [6.07, 6.45) is 3.64. The summed E-state index contributed by atoms with van der Waals surface area (Å²) in [5.41, 5.74) is 0.437. The number of nitrogens with one attached hydrogen (secondary N) is 1. The van der Waals surface area contributed by atoms with E-state index in [1.807, 2.05) is 37.4 Å². The normalized spacial score (nSPS) is 26.1. The lowest BCUT2D eigenvalue weighted by molar-refractivity contribution is 0.157. The number of hydrogen-bond acceptors (Lipinski definition) is 3. The van der Waals surface area contributed by atoms with Crippen LogP contribution in [0.3, 0.4) is 0 Å². The molecule has 1 heterocycles. The van der Waals surface area contributed by atoms with E-state index in [1.54, 1.807) is 0 Å². The Balaban J connectivity index is 2.28. The molecule has 1 aliphatic rings. The highest BCUT2D eigenvalue weighted by Crippen LogP contribution is 2.31. The van der Waals surface area contributed by atoms with E-state index in [4.69, 9.17) is 0 Å². The minimum atomic E-state index is -0.618. The van der Waals surface area contributed by atoms with Crippen LogP contribution in [-0.2, 0) is 5.54 Å². The minimum Gasteiger partial charge on any atom is -0.298 e. The summed E-state index contributed by atoms with van der Waals surface area (Å²) in [6, 6.07) is 13.8. The molecule has 3 heteroatoms. The second-order valence-electron chi connectivity index (χ2n) is 5.79. The molecule has 0 radical (unpaired) electrons. The lowest BCUT2D eigenvalue weighted by atomic mass is 9.90. The molecule has 3 unspecified atom stereocenters. The van der Waals surface area contributed by atoms with E-state index in [1.165, 1.54) is 12.8 Å². The molecule has 0 saturated carbocycles. The molecule has 1 saturated heterocycles. The number of nitriles is 1. The van der Waals surface area contributed by atoms with Gasteiger partial charge in [0.05, 0.1) is 6.07 Å². The van der Waals surface area contributed by atoms with Crippen molar-refractivity contribution in [1.82, 2.24) is 10.2 Å². The number of benzene rings is 1. The highest BCUT2D eigenvalue weighted by Gasteiger charge is 2.38. The van der Waals surface area contributed by atoms with Crippen LogP contribution in [0.15, 0.2) is 30.3 Å². The molecule has 20 heavy (non-hydrogen) atoms. The first-order valence-electron chi connectivity index (χ1n) is 7.58. The maximum atomic E-state index is 9.80. The Bertz CT molecular complexity index is 465. The molecule has 3 atom stereocenters. The molecular weight excluding hydrogens is 246 g/mol. The first kappa shape index (κ1) is 15.0. The second-order valence-corrected chi connectivity index (χ2v) is 5.79. The van der Waals surface area contributed by atoms with Crippen LogP contribution >= 0.6 is 0 Å². The van der Waals surface area contributed by atoms with Crippen molar-refractivity contribution >= 4 is 0 Å². The number of likely N-dealkylation sites (N-methyl/N-ethyl adjacent to an activating group) is 1. The number of nitrogens with zero attached hydrogens (tertiary/aromatic N) is 2. The molecule has 1 aromatic carbocycles. The van der Waals surface area contributed by atoms with Crippen LogP contribution in [0.5, 0.6) is 0 Å². The lowest BCUT2D eigenvalue weighted by Crippen LogP contribution is -2.51. The van der Waals surface area contributed by atoms with Crippen LogP contribution in [0.2, 0.25) is 0 Å². The standard InChI is InChI=1S/C17H25N3/c1-4-16-11-10-14(2)20(16)13-17(12-18,19-3)15-8-6-5-7-9-15/h5-9,14,16,19H,4,10-11,13H2,1-3H3. The fraction of sp³-hybridized carbons (Fsp3) is 0.588. The Kier molecular flexibility index (Phi) is 4.80. The average molecular weight is 271 g/mol. The number of likely N-dealkylation sites (tertiary alicyclic amines) is 1. The molecule has 1 fully saturated rings. The molecule has 1 aliphatic heterocycles. The van der Waals surface area contributed by atoms with Gasteiger partial charge in [-0.3, -0.25) is 10.2 Å². The van der Waals surface area contributed by atoms with Gasteiger partial charge in [0.15, 0.2) is 0 Å². The maximum absolute atomic E-state index is 9.80. The molecule has 0 aliphatic carbocycles. The zero-order valence-electron chi connectivity index (χ0n) is 12.8. The van der Waals surface area contributed by atoms with Crippen molar-refractivity contribution in [3.8, 4) is 6.07 Å². The van der Waals surface area contributed by atoms with Crippen molar-refractivity contribution in [1.29, 1.82) is 5.26 Å². The van der Waals surface area contributed by atoms with E-state index in [-0.39, 0.29) is 0 Å². The SMILES string of the molecule is CCC1CCC(C)N1CC(C#N)(NC)c1ccccc1. The summed E-state index contributed by atoms with van der Waals surface area (Å²) in [5, 5.41) is 13.1. The second kappa shape index (κ2) is 6.39. The van der Waals surface area contributed by atoms with Crippen LogP contribution in [0, 0.1) is 11.3 Å². The van der Waals surface area contributed by atoms with Gasteiger partial charge in [-0.05, 0) is 38.8 Å². The van der Waals surface area contributed by atoms with Gasteiger partial charge in [0.1, 0.15) is 5.54 Å². The molecule has 0 spiro atoms. The van der Waals surface area contributed by atoms with E-state index in [0.29, 0.717) is 12.1 Å². The third-order valence-electron chi connectivity index (χ3n) is 4.73. The van der Waals surface area contributed by atoms with Gasteiger partial charge in [-0.15, -0.1) is 0 Å². The van der Waals surface area contributed by atoms with Gasteiger partial charge < -0.3 is 0 Å². The minimum absolute atomic E-state index is 0.560. The zero-order valence-corrected chi connectivity index (χ0v) is 12.8. The monoisotopic (exact) mass is 271 g/mol. The first-order valence-corrected chi connectivity index (χ1v) is 7.58. The van der Waals surface area contributed by atoms with Gasteiger partial charge in [-0.1, -0.05) is 37.3 Å². The highest BCUT2D eigenvalue weighted by atomic mass is 15.2. The van der Waals surface area contributed by atoms with Gasteiger partial charge in [-0.25, -0.2) is 0 Å². The fourth-order valence-electron chi connectivity index (χ4n) is 3.32. The van der Waals surface area contributed by atoms with Crippen LogP contribution in [-0.4, -0.2) is 30.6 Å². The Labute approximate surface area is 122 Å². The Morgan fingerprint density at radius 3 is 2.60 bits per heavy atom. The molecular formula is C17H25N3. The topological polar surface area (TPSA) is 39.1 Å². The fourth-order valence-corrected chi connectivity index (χ4v) is 3.32. The van der Waals surface area contributed by atoms with Crippen molar-refractivity contribution in [2.45, 2.75) is 50.7 Å². The van der Waals surface area contributed by atoms with E-state index in [2.05, 4.69) is 30.1 Å². The largest absolute Gasteiger partial charge is 0.298 e. The molecule has 0 aromatic heterocycles. The zero-order chi connectivity index (χ0) is 14.6. The molecule has 3 nitrogen and oxygen atoms in total. The van der Waals surface area contributed by atoms with E-state index >= 15 is 0 Å². The predicted octanol–water partition coefficient (Wildman–Crippen LogP) is 2.89. The van der Waals surface area contributed by atoms with E-state index < -0.39 is 5.54 Å². The third kappa shape index (κ3) is 2.72. The molecule has 1 aromatic rings. The molecule has 1 N–H and O–H groups in total. The maximum Gasteiger partial charge on any atom is 0.144 e. The lowest BCUT2D eigenvalue weighted by Gasteiger charge is -2.36. The molecule has 108 valence electrons. The van der Waals surface area contributed by atoms with E-state index in [0.717, 1.165) is 18.5 Å². The van der Waals surface area contributed by atoms with Gasteiger partial charge in [0.2, 0.25) is 0 Å². The van der Waals surface area contributed by atoms with Crippen molar-refractivity contribution in [2.75, 3.05) is 13.6 Å². The predicted molar refractivity (Wildman–Crippen MR) is 82.3 cm³/mol. The Morgan fingerprint density at radius 1 is 1.35 bits per heavy atom. The summed E-state index contributed by atoms with van der Waals surface area (Å²) in [4.78, 5) is 2.51. The summed E-state index contributed by atoms with van der Waals surface area (Å²) >= 11 is 0. The number of rotatable bonds is 5. The summed E-state index contributed by atoms with van der Waals surface area (Å²) < 4.78 is 0. The van der Waals surface area contributed by atoms with Crippen LogP contribution < -0.4 is 5.32 Å². The smallest absolute Gasteiger partial charge is 0.144 e. The summed E-state index contributed by atoms with van der Waals surface area (Å²) in [7, 11) is 1.89. The molecule has 2 rings (SSSR count). The third-order valence-corrected chi connectivity index (χ3v) is 4.73. The quantitative estimate of drug-likeness (QED) is 0.895. The van der Waals surface area contributed by atoms with Gasteiger partial charge >= 0.3 is 0 Å².